The van der Waals surface area contributed by atoms with E-state index in [4.69, 9.17) is 19.9 Å². The van der Waals surface area contributed by atoms with E-state index in [1.165, 1.54) is 18.4 Å². The summed E-state index contributed by atoms with van der Waals surface area (Å²) in [5.41, 5.74) is 3.59. The van der Waals surface area contributed by atoms with Gasteiger partial charge in [0.2, 0.25) is 5.91 Å². The van der Waals surface area contributed by atoms with Crippen LogP contribution in [0.15, 0.2) is 33.9 Å². The minimum absolute atomic E-state index is 0.0514. The third kappa shape index (κ3) is 6.56. The van der Waals surface area contributed by atoms with E-state index < -0.39 is 34.8 Å². The first-order valence-corrected chi connectivity index (χ1v) is 15.4. The number of amides is 1. The van der Waals surface area contributed by atoms with Crippen LogP contribution in [0.5, 0.6) is 5.75 Å². The Morgan fingerprint density at radius 3 is 2.40 bits per heavy atom. The van der Waals surface area contributed by atoms with Gasteiger partial charge in [-0.3, -0.25) is 14.2 Å². The number of esters is 1. The summed E-state index contributed by atoms with van der Waals surface area (Å²) >= 11 is 0.992. The molecule has 234 valence electrons. The Hall–Kier alpha value is -3.48. The highest BCUT2D eigenvalue weighted by atomic mass is 32.1. The van der Waals surface area contributed by atoms with Gasteiger partial charge < -0.3 is 25.1 Å². The highest BCUT2D eigenvalue weighted by Crippen LogP contribution is 2.36. The van der Waals surface area contributed by atoms with Crippen molar-refractivity contribution < 1.29 is 28.9 Å². The molecule has 3 aromatic rings. The van der Waals surface area contributed by atoms with Gasteiger partial charge in [0.05, 0.1) is 36.8 Å². The molecule has 0 unspecified atom stereocenters. The number of carbonyl (C=O) groups is 2. The number of primary amides is 1. The van der Waals surface area contributed by atoms with Crippen LogP contribution in [0.25, 0.3) is 10.2 Å². The van der Waals surface area contributed by atoms with Crippen LogP contribution in [0.3, 0.4) is 0 Å². The van der Waals surface area contributed by atoms with Crippen molar-refractivity contribution in [3.05, 3.63) is 61.1 Å². The number of rotatable bonds is 11. The molecule has 1 aliphatic rings. The molecule has 2 aromatic heterocycles. The third-order valence-electron chi connectivity index (χ3n) is 7.81. The number of para-hydroxylation sites is 1. The van der Waals surface area contributed by atoms with Gasteiger partial charge >= 0.3 is 11.7 Å². The minimum Gasteiger partial charge on any atom is -0.491 e. The van der Waals surface area contributed by atoms with Crippen LogP contribution in [0.1, 0.15) is 87.2 Å². The molecule has 0 saturated heterocycles. The average Bonchev–Trinajstić information content (AvgIpc) is 3.29. The number of ether oxygens (including phenoxy) is 3. The summed E-state index contributed by atoms with van der Waals surface area (Å²) in [5.74, 6) is -0.882. The number of benzene rings is 1. The Balaban J connectivity index is 1.98. The third-order valence-corrected chi connectivity index (χ3v) is 9.11. The molecule has 0 spiro atoms. The molecule has 1 saturated carbocycles. The molecule has 2 heterocycles. The summed E-state index contributed by atoms with van der Waals surface area (Å²) in [5, 5.41) is 10.2. The number of hydrogen-bond acceptors (Lipinski definition) is 9. The lowest BCUT2D eigenvalue weighted by molar-refractivity contribution is -0.125. The number of aliphatic hydroxyl groups is 1. The smallest absolute Gasteiger partial charge is 0.348 e. The van der Waals surface area contributed by atoms with Crippen LogP contribution in [0, 0.1) is 6.92 Å². The van der Waals surface area contributed by atoms with E-state index in [9.17, 15) is 24.3 Å². The first-order valence-electron chi connectivity index (χ1n) is 14.6. The van der Waals surface area contributed by atoms with Crippen LogP contribution in [-0.2, 0) is 26.4 Å². The van der Waals surface area contributed by atoms with Crippen molar-refractivity contribution >= 4 is 33.4 Å². The summed E-state index contributed by atoms with van der Waals surface area (Å²) in [6.45, 7) is 10.0. The summed E-state index contributed by atoms with van der Waals surface area (Å²) in [4.78, 5) is 53.9. The van der Waals surface area contributed by atoms with Gasteiger partial charge in [-0.05, 0) is 78.9 Å². The zero-order valence-electron chi connectivity index (χ0n) is 25.5. The average molecular weight is 616 g/mol. The maximum absolute atomic E-state index is 14.2. The SMILES string of the molecule is CCOC(=O)c1sc2c(c1C)c(=O)n(C(C)(C)C(N)=O)c(=O)n2C[C@H](O[C@H]1CC[C@@H](O)CC1)c1ccccc1OC(C)C. The van der Waals surface area contributed by atoms with Gasteiger partial charge in [-0.25, -0.2) is 14.2 Å². The van der Waals surface area contributed by atoms with Crippen molar-refractivity contribution in [2.45, 2.75) is 104 Å². The number of nitrogens with two attached hydrogens (primary N) is 1. The molecule has 3 N–H and O–H groups in total. The zero-order chi connectivity index (χ0) is 31.6. The molecule has 1 fully saturated rings. The zero-order valence-corrected chi connectivity index (χ0v) is 26.4. The molecule has 43 heavy (non-hydrogen) atoms. The normalized spacial score (nSPS) is 18.1. The fourth-order valence-electron chi connectivity index (χ4n) is 5.40. The lowest BCUT2D eigenvalue weighted by Gasteiger charge is -2.31. The lowest BCUT2D eigenvalue weighted by atomic mass is 9.94. The van der Waals surface area contributed by atoms with Crippen molar-refractivity contribution in [1.29, 1.82) is 0 Å². The van der Waals surface area contributed by atoms with Crippen molar-refractivity contribution in [2.24, 2.45) is 5.73 Å². The molecule has 4 rings (SSSR count). The summed E-state index contributed by atoms with van der Waals surface area (Å²) in [6, 6.07) is 7.41. The van der Waals surface area contributed by atoms with E-state index in [2.05, 4.69) is 0 Å². The largest absolute Gasteiger partial charge is 0.491 e. The first kappa shape index (κ1) is 32.4. The minimum atomic E-state index is -1.67. The molecule has 11 nitrogen and oxygen atoms in total. The Kier molecular flexibility index (Phi) is 9.83. The van der Waals surface area contributed by atoms with Gasteiger partial charge in [-0.15, -0.1) is 11.3 Å². The summed E-state index contributed by atoms with van der Waals surface area (Å²) < 4.78 is 20.3. The number of hydrogen-bond donors (Lipinski definition) is 2. The van der Waals surface area contributed by atoms with Crippen molar-refractivity contribution in [3.8, 4) is 5.75 Å². The van der Waals surface area contributed by atoms with Crippen LogP contribution in [-0.4, -0.2) is 51.0 Å². The second kappa shape index (κ2) is 13.0. The second-order valence-corrected chi connectivity index (χ2v) is 12.7. The number of aromatic nitrogens is 2. The molecule has 1 atom stereocenters. The number of aryl methyl sites for hydroxylation is 1. The topological polar surface area (TPSA) is 152 Å². The fourth-order valence-corrected chi connectivity index (χ4v) is 6.60. The summed E-state index contributed by atoms with van der Waals surface area (Å²) in [7, 11) is 0. The van der Waals surface area contributed by atoms with E-state index in [1.807, 2.05) is 38.1 Å². The molecule has 12 heteroatoms. The Bertz CT molecular complexity index is 1610. The van der Waals surface area contributed by atoms with Crippen molar-refractivity contribution in [3.63, 3.8) is 0 Å². The molecule has 1 amide bonds. The number of carbonyl (C=O) groups excluding carboxylic acids is 2. The highest BCUT2D eigenvalue weighted by molar-refractivity contribution is 7.20. The Labute approximate surface area is 254 Å². The molecular weight excluding hydrogens is 574 g/mol. The Morgan fingerprint density at radius 2 is 1.79 bits per heavy atom. The molecule has 1 aliphatic carbocycles. The number of fused-ring (bicyclic) bond motifs is 1. The van der Waals surface area contributed by atoms with Crippen LogP contribution in [0.2, 0.25) is 0 Å². The molecule has 0 radical (unpaired) electrons. The van der Waals surface area contributed by atoms with Gasteiger partial charge in [-0.1, -0.05) is 18.2 Å². The van der Waals surface area contributed by atoms with Gasteiger partial charge in [0.25, 0.3) is 5.56 Å². The predicted octanol–water partition coefficient (Wildman–Crippen LogP) is 3.78. The molecule has 1 aromatic carbocycles. The number of nitrogens with zero attached hydrogens (tertiary/aromatic N) is 2. The first-order chi connectivity index (χ1) is 20.3. The van der Waals surface area contributed by atoms with Crippen LogP contribution >= 0.6 is 11.3 Å². The highest BCUT2D eigenvalue weighted by Gasteiger charge is 2.35. The van der Waals surface area contributed by atoms with E-state index in [0.29, 0.717) is 42.6 Å². The predicted molar refractivity (Wildman–Crippen MR) is 164 cm³/mol. The number of thiophene rings is 1. The lowest BCUT2D eigenvalue weighted by Crippen LogP contribution is -2.54. The maximum atomic E-state index is 14.2. The Morgan fingerprint density at radius 1 is 1.14 bits per heavy atom. The fraction of sp³-hybridized carbons (Fsp3) is 0.548. The van der Waals surface area contributed by atoms with Crippen LogP contribution in [0.4, 0.5) is 0 Å². The van der Waals surface area contributed by atoms with Crippen molar-refractivity contribution in [2.75, 3.05) is 6.61 Å². The number of aliphatic hydroxyl groups excluding tert-OH is 1. The van der Waals surface area contributed by atoms with Gasteiger partial charge in [0, 0.05) is 5.56 Å². The van der Waals surface area contributed by atoms with Crippen LogP contribution < -0.4 is 21.7 Å². The van der Waals surface area contributed by atoms with Gasteiger partial charge in [0.15, 0.2) is 0 Å². The van der Waals surface area contributed by atoms with E-state index in [-0.39, 0.29) is 46.6 Å². The molecule has 0 aliphatic heterocycles. The second-order valence-electron chi connectivity index (χ2n) is 11.7. The van der Waals surface area contributed by atoms with Gasteiger partial charge in [0.1, 0.15) is 27.1 Å². The molecule has 0 bridgehead atoms. The van der Waals surface area contributed by atoms with Gasteiger partial charge in [-0.2, -0.15) is 0 Å². The maximum Gasteiger partial charge on any atom is 0.348 e. The van der Waals surface area contributed by atoms with E-state index in [0.717, 1.165) is 15.9 Å². The monoisotopic (exact) mass is 615 g/mol. The summed E-state index contributed by atoms with van der Waals surface area (Å²) in [6.07, 6.45) is 1.03. The molecular formula is C31H41N3O8S. The standard InChI is InChI=1S/C31H41N3O8S/c1-7-40-28(37)25-18(4)24-26(36)34(31(5,6)29(32)38)30(39)33(27(24)43-25)16-23(42-20-14-12-19(35)13-15-20)21-10-8-9-11-22(21)41-17(2)3/h8-11,17,19-20,23,35H,7,12-16H2,1-6H3,(H2,32,38)/t19-,20+,23-/m0/s1. The van der Waals surface area contributed by atoms with E-state index >= 15 is 0 Å². The van der Waals surface area contributed by atoms with Crippen molar-refractivity contribution in [1.82, 2.24) is 9.13 Å². The quantitative estimate of drug-likeness (QED) is 0.309. The van der Waals surface area contributed by atoms with E-state index in [1.54, 1.807) is 13.8 Å².